The van der Waals surface area contributed by atoms with E-state index in [-0.39, 0.29) is 62.0 Å². The molecule has 0 saturated carbocycles. The van der Waals surface area contributed by atoms with Gasteiger partial charge in [0.2, 0.25) is 16.8 Å². The smallest absolute Gasteiger partial charge is 0.407 e. The molecule has 0 aliphatic carbocycles. The maximum Gasteiger partial charge on any atom is 0.407 e. The van der Waals surface area contributed by atoms with Crippen molar-refractivity contribution in [2.45, 2.75) is 69.7 Å². The van der Waals surface area contributed by atoms with Gasteiger partial charge in [-0.05, 0) is 55.5 Å². The third-order valence-electron chi connectivity index (χ3n) is 10.6. The van der Waals surface area contributed by atoms with Crippen LogP contribution in [0.1, 0.15) is 36.5 Å². The number of carbonyl (C=O) groups excluding carboxylic acids is 3. The van der Waals surface area contributed by atoms with Gasteiger partial charge in [-0.1, -0.05) is 26.0 Å². The van der Waals surface area contributed by atoms with E-state index < -0.39 is 65.7 Å². The van der Waals surface area contributed by atoms with Crippen molar-refractivity contribution in [3.63, 3.8) is 0 Å². The number of aromatic nitrogens is 1. The van der Waals surface area contributed by atoms with Crippen molar-refractivity contribution in [1.29, 1.82) is 0 Å². The number of hydrogen-bond acceptors (Lipinski definition) is 18. The van der Waals surface area contributed by atoms with Crippen molar-refractivity contribution in [2.24, 2.45) is 11.8 Å². The van der Waals surface area contributed by atoms with E-state index in [1.165, 1.54) is 33.8 Å². The van der Waals surface area contributed by atoms with Crippen LogP contribution >= 0.6 is 11.3 Å². The lowest BCUT2D eigenvalue weighted by molar-refractivity contribution is -0.164. The molecular weight excluding hydrogens is 877 g/mol. The molecule has 1 aromatic heterocycles. The summed E-state index contributed by atoms with van der Waals surface area (Å²) < 4.78 is 86.1. The average Bonchev–Trinajstić information content (AvgIpc) is 4.10. The molecule has 2 saturated heterocycles. The molecule has 6 rings (SSSR count). The summed E-state index contributed by atoms with van der Waals surface area (Å²) in [5.74, 6) is -0.801. The Kier molecular flexibility index (Phi) is 18.0. The molecule has 0 unspecified atom stereocenters. The van der Waals surface area contributed by atoms with Gasteiger partial charge in [-0.2, -0.15) is 4.31 Å². The van der Waals surface area contributed by atoms with E-state index in [1.807, 2.05) is 26.2 Å². The van der Waals surface area contributed by atoms with Crippen molar-refractivity contribution in [3.8, 4) is 17.2 Å². The number of nitrogens with zero attached hydrogens (tertiary/aromatic N) is 3. The summed E-state index contributed by atoms with van der Waals surface area (Å²) in [5.41, 5.74) is 1.48. The Morgan fingerprint density at radius 2 is 1.72 bits per heavy atom. The number of nitrogens with one attached hydrogen (secondary N) is 1. The Labute approximate surface area is 377 Å². The highest BCUT2D eigenvalue weighted by molar-refractivity contribution is 7.89. The van der Waals surface area contributed by atoms with Crippen LogP contribution in [0, 0.1) is 18.8 Å². The second-order valence-corrected chi connectivity index (χ2v) is 18.9. The number of benzene rings is 2. The molecule has 1 amide bonds. The number of sulfonamides is 1. The van der Waals surface area contributed by atoms with E-state index in [9.17, 15) is 22.8 Å². The molecule has 3 aromatic rings. The van der Waals surface area contributed by atoms with Crippen molar-refractivity contribution in [3.05, 3.63) is 64.1 Å². The summed E-state index contributed by atoms with van der Waals surface area (Å²) >= 11 is 1.53. The molecule has 5 atom stereocenters. The summed E-state index contributed by atoms with van der Waals surface area (Å²) in [4.78, 5) is 46.8. The molecule has 0 bridgehead atoms. The number of aryl methyl sites for hydroxylation is 1. The molecule has 3 aliphatic heterocycles. The van der Waals surface area contributed by atoms with Gasteiger partial charge in [0.05, 0.1) is 67.1 Å². The molecule has 19 nitrogen and oxygen atoms in total. The van der Waals surface area contributed by atoms with Gasteiger partial charge in [-0.25, -0.2) is 23.0 Å². The van der Waals surface area contributed by atoms with Crippen molar-refractivity contribution < 1.29 is 70.2 Å². The van der Waals surface area contributed by atoms with Gasteiger partial charge in [0.15, 0.2) is 24.4 Å². The molecule has 0 radical (unpaired) electrons. The zero-order valence-corrected chi connectivity index (χ0v) is 38.4. The minimum atomic E-state index is -4.30. The molecule has 64 heavy (non-hydrogen) atoms. The van der Waals surface area contributed by atoms with E-state index in [0.29, 0.717) is 56.4 Å². The lowest BCUT2D eigenvalue weighted by atomic mass is 10.0. The van der Waals surface area contributed by atoms with Crippen LogP contribution in [0.25, 0.3) is 0 Å². The van der Waals surface area contributed by atoms with E-state index in [0.717, 1.165) is 10.7 Å². The predicted octanol–water partition coefficient (Wildman–Crippen LogP) is 3.55. The molecule has 3 aliphatic rings. The van der Waals surface area contributed by atoms with Gasteiger partial charge < -0.3 is 52.7 Å². The highest BCUT2D eigenvalue weighted by Crippen LogP contribution is 2.36. The number of methoxy groups -OCH3 is 2. The van der Waals surface area contributed by atoms with E-state index in [4.69, 9.17) is 47.4 Å². The topological polar surface area (TPSA) is 209 Å². The SMILES string of the molecule is COCCN(CCOC)CC(=O)OCC(=O)O[C@H](CN(CC(C)C)S(=O)(=O)c1ccc2c(c1)OCO2)[C@H](Cc1ccc(OCc2csc(C)n2)cc1)NC(=O)O[C@H]1CO[C@H]2OCC[C@H]21. The van der Waals surface area contributed by atoms with Gasteiger partial charge in [0.25, 0.3) is 0 Å². The van der Waals surface area contributed by atoms with Crippen LogP contribution in [0.2, 0.25) is 0 Å². The minimum Gasteiger partial charge on any atom is -0.487 e. The number of thiazole rings is 1. The van der Waals surface area contributed by atoms with Gasteiger partial charge >= 0.3 is 18.0 Å². The second-order valence-electron chi connectivity index (χ2n) is 15.9. The summed E-state index contributed by atoms with van der Waals surface area (Å²) in [6.07, 6.45) is -2.60. The van der Waals surface area contributed by atoms with Crippen LogP contribution in [0.15, 0.2) is 52.7 Å². The number of fused-ring (bicyclic) bond motifs is 2. The predicted molar refractivity (Wildman–Crippen MR) is 230 cm³/mol. The largest absolute Gasteiger partial charge is 0.487 e. The highest BCUT2D eigenvalue weighted by Gasteiger charge is 2.44. The van der Waals surface area contributed by atoms with E-state index >= 15 is 0 Å². The van der Waals surface area contributed by atoms with Crippen molar-refractivity contribution in [2.75, 3.05) is 86.8 Å². The van der Waals surface area contributed by atoms with Crippen molar-refractivity contribution >= 4 is 39.4 Å². The maximum atomic E-state index is 14.5. The van der Waals surface area contributed by atoms with Crippen LogP contribution in [-0.2, 0) is 65.8 Å². The first kappa shape index (κ1) is 48.8. The first-order valence-electron chi connectivity index (χ1n) is 21.1. The minimum absolute atomic E-state index is 0.00277. The van der Waals surface area contributed by atoms with Gasteiger partial charge in [0, 0.05) is 45.3 Å². The fourth-order valence-electron chi connectivity index (χ4n) is 7.35. The molecular formula is C43H58N4O15S2. The first-order chi connectivity index (χ1) is 30.8. The van der Waals surface area contributed by atoms with E-state index in [1.54, 1.807) is 43.4 Å². The number of esters is 2. The van der Waals surface area contributed by atoms with Gasteiger partial charge in [-0.3, -0.25) is 9.69 Å². The molecule has 2 fully saturated rings. The number of ether oxygens (including phenoxy) is 10. The summed E-state index contributed by atoms with van der Waals surface area (Å²) in [6.45, 7) is 6.58. The number of hydrogen-bond donors (Lipinski definition) is 1. The monoisotopic (exact) mass is 934 g/mol. The lowest BCUT2D eigenvalue weighted by Crippen LogP contribution is -2.53. The summed E-state index contributed by atoms with van der Waals surface area (Å²) in [5, 5.41) is 5.74. The molecule has 1 N–H and O–H groups in total. The number of carbonyl (C=O) groups is 3. The third-order valence-corrected chi connectivity index (χ3v) is 13.2. The van der Waals surface area contributed by atoms with Gasteiger partial charge in [0.1, 0.15) is 24.6 Å². The Morgan fingerprint density at radius 3 is 2.42 bits per heavy atom. The zero-order valence-electron chi connectivity index (χ0n) is 36.8. The fraction of sp³-hybridized carbons (Fsp3) is 0.581. The number of rotatable bonds is 25. The molecule has 0 spiro atoms. The number of alkyl carbamates (subject to hydrolysis) is 1. The molecule has 352 valence electrons. The summed E-state index contributed by atoms with van der Waals surface area (Å²) in [7, 11) is -1.21. The molecule has 2 aromatic carbocycles. The average molecular weight is 935 g/mol. The van der Waals surface area contributed by atoms with Crippen LogP contribution < -0.4 is 19.5 Å². The summed E-state index contributed by atoms with van der Waals surface area (Å²) in [6, 6.07) is 10.3. The standard InChI is InChI=1S/C43H58N4O15S2/c1-28(2)20-47(64(51,52)33-10-11-36-37(19-33)60-27-59-36)21-38(61-41(49)25-57-40(48)22-46(13-16-53-4)14-17-54-5)35(45-43(50)62-39-24-58-42-34(39)12-15-55-42)18-30-6-8-32(9-7-30)56-23-31-26-63-29(3)44-31/h6-11,19,26,28,34-35,38-39,42H,12-18,20-25,27H2,1-5H3,(H,45,50)/t34-,35-,38+,39-,42+/m0/s1. The quantitative estimate of drug-likeness (QED) is 0.0952. The fourth-order valence-corrected chi connectivity index (χ4v) is 9.58. The van der Waals surface area contributed by atoms with Crippen LogP contribution in [0.3, 0.4) is 0 Å². The molecule has 21 heteroatoms. The Bertz CT molecular complexity index is 2100. The zero-order chi connectivity index (χ0) is 45.6. The Hall–Kier alpha value is -4.61. The molecule has 4 heterocycles. The Balaban J connectivity index is 1.27. The lowest BCUT2D eigenvalue weighted by Gasteiger charge is -2.33. The Morgan fingerprint density at radius 1 is 0.969 bits per heavy atom. The normalized spacial score (nSPS) is 18.8. The van der Waals surface area contributed by atoms with Crippen LogP contribution in [-0.4, -0.2) is 152 Å². The number of amides is 1. The van der Waals surface area contributed by atoms with E-state index in [2.05, 4.69) is 10.3 Å². The maximum absolute atomic E-state index is 14.5. The van der Waals surface area contributed by atoms with Crippen LogP contribution in [0.4, 0.5) is 4.79 Å². The third kappa shape index (κ3) is 13.9. The van der Waals surface area contributed by atoms with Crippen LogP contribution in [0.5, 0.6) is 17.2 Å². The van der Waals surface area contributed by atoms with Gasteiger partial charge in [-0.15, -0.1) is 11.3 Å². The second kappa shape index (κ2) is 23.5. The highest BCUT2D eigenvalue weighted by atomic mass is 32.2. The van der Waals surface area contributed by atoms with Crippen molar-refractivity contribution in [1.82, 2.24) is 19.5 Å². The first-order valence-corrected chi connectivity index (χ1v) is 23.4.